The van der Waals surface area contributed by atoms with Crippen molar-refractivity contribution in [3.8, 4) is 5.75 Å². The second kappa shape index (κ2) is 6.78. The molecule has 2 aromatic rings. The summed E-state index contributed by atoms with van der Waals surface area (Å²) in [7, 11) is -4.02. The second-order valence-corrected chi connectivity index (χ2v) is 6.71. The third-order valence-corrected chi connectivity index (χ3v) is 4.87. The summed E-state index contributed by atoms with van der Waals surface area (Å²) in [5.74, 6) is 0.589. The van der Waals surface area contributed by atoms with Gasteiger partial charge in [-0.15, -0.1) is 0 Å². The fraction of sp³-hybridized carbons (Fsp3) is 0.250. The molecule has 0 saturated carbocycles. The highest BCUT2D eigenvalue weighted by Crippen LogP contribution is 2.24. The van der Waals surface area contributed by atoms with Crippen molar-refractivity contribution >= 4 is 15.8 Å². The molecule has 0 spiro atoms. The molecule has 6 nitrogen and oxygen atoms in total. The van der Waals surface area contributed by atoms with Crippen LogP contribution < -0.4 is 4.18 Å². The molecule has 0 amide bonds. The molecule has 0 aliphatic heterocycles. The van der Waals surface area contributed by atoms with Gasteiger partial charge in [0, 0.05) is 12.1 Å². The topological polar surface area (TPSA) is 86.5 Å². The van der Waals surface area contributed by atoms with Crippen molar-refractivity contribution < 1.29 is 17.5 Å². The van der Waals surface area contributed by atoms with Crippen LogP contribution in [0.1, 0.15) is 31.7 Å². The van der Waals surface area contributed by atoms with Gasteiger partial charge in [-0.3, -0.25) is 10.1 Å². The summed E-state index contributed by atoms with van der Waals surface area (Å²) in [4.78, 5) is 9.87. The fourth-order valence-corrected chi connectivity index (χ4v) is 2.93. The van der Waals surface area contributed by atoms with Gasteiger partial charge in [-0.2, -0.15) is 8.42 Å². The first kappa shape index (κ1) is 17.0. The zero-order valence-corrected chi connectivity index (χ0v) is 13.6. The SMILES string of the molecule is CC[C@H](C)c1ccc(OS(=O)(=O)c2ccc([N+](=O)[O-])cc2)cc1. The second-order valence-electron chi connectivity index (χ2n) is 5.17. The molecule has 0 unspecified atom stereocenters. The van der Waals surface area contributed by atoms with Crippen LogP contribution >= 0.6 is 0 Å². The van der Waals surface area contributed by atoms with Crippen LogP contribution in [0, 0.1) is 10.1 Å². The number of nitro benzene ring substituents is 1. The molecule has 0 fully saturated rings. The molecular weight excluding hydrogens is 318 g/mol. The minimum absolute atomic E-state index is 0.130. The quantitative estimate of drug-likeness (QED) is 0.454. The van der Waals surface area contributed by atoms with Crippen LogP contribution in [0.3, 0.4) is 0 Å². The molecule has 2 aromatic carbocycles. The Labute approximate surface area is 135 Å². The zero-order valence-electron chi connectivity index (χ0n) is 12.8. The highest BCUT2D eigenvalue weighted by atomic mass is 32.2. The van der Waals surface area contributed by atoms with Gasteiger partial charge >= 0.3 is 10.1 Å². The Balaban J connectivity index is 2.19. The van der Waals surface area contributed by atoms with Gasteiger partial charge in [0.25, 0.3) is 5.69 Å². The third-order valence-electron chi connectivity index (χ3n) is 3.60. The Morgan fingerprint density at radius 1 is 1.09 bits per heavy atom. The number of rotatable bonds is 6. The van der Waals surface area contributed by atoms with E-state index < -0.39 is 15.0 Å². The Morgan fingerprint density at radius 2 is 1.65 bits per heavy atom. The third kappa shape index (κ3) is 4.07. The molecule has 7 heteroatoms. The van der Waals surface area contributed by atoms with Crippen LogP contribution in [0.2, 0.25) is 0 Å². The van der Waals surface area contributed by atoms with Crippen molar-refractivity contribution in [3.05, 3.63) is 64.2 Å². The fourth-order valence-electron chi connectivity index (χ4n) is 2.00. The number of hydrogen-bond acceptors (Lipinski definition) is 5. The normalized spacial score (nSPS) is 12.6. The number of hydrogen-bond donors (Lipinski definition) is 0. The van der Waals surface area contributed by atoms with E-state index in [-0.39, 0.29) is 16.3 Å². The van der Waals surface area contributed by atoms with Gasteiger partial charge in [0.2, 0.25) is 0 Å². The van der Waals surface area contributed by atoms with Crippen LogP contribution in [-0.4, -0.2) is 13.3 Å². The van der Waals surface area contributed by atoms with Crippen molar-refractivity contribution in [1.29, 1.82) is 0 Å². The Bertz CT molecular complexity index is 782. The van der Waals surface area contributed by atoms with E-state index >= 15 is 0 Å². The van der Waals surface area contributed by atoms with Crippen LogP contribution in [-0.2, 0) is 10.1 Å². The van der Waals surface area contributed by atoms with Gasteiger partial charge in [0.15, 0.2) is 0 Å². The Hall–Kier alpha value is -2.41. The number of non-ortho nitro benzene ring substituents is 1. The molecule has 0 radical (unpaired) electrons. The first-order chi connectivity index (χ1) is 10.8. The first-order valence-corrected chi connectivity index (χ1v) is 8.53. The maximum absolute atomic E-state index is 12.2. The predicted octanol–water partition coefficient (Wildman–Crippen LogP) is 3.88. The van der Waals surface area contributed by atoms with Crippen LogP contribution in [0.4, 0.5) is 5.69 Å². The van der Waals surface area contributed by atoms with Crippen LogP contribution in [0.15, 0.2) is 53.4 Å². The van der Waals surface area contributed by atoms with Crippen molar-refractivity contribution in [2.45, 2.75) is 31.1 Å². The molecule has 0 aliphatic carbocycles. The van der Waals surface area contributed by atoms with E-state index in [0.29, 0.717) is 5.92 Å². The van der Waals surface area contributed by atoms with Gasteiger partial charge < -0.3 is 4.18 Å². The molecule has 0 aromatic heterocycles. The standard InChI is InChI=1S/C16H17NO5S/c1-3-12(2)13-4-8-15(9-5-13)22-23(20,21)16-10-6-14(7-11-16)17(18)19/h4-12H,3H2,1-2H3/t12-/m0/s1. The van der Waals surface area contributed by atoms with Gasteiger partial charge in [-0.25, -0.2) is 0 Å². The molecule has 122 valence electrons. The molecule has 0 aliphatic rings. The summed E-state index contributed by atoms with van der Waals surface area (Å²) < 4.78 is 29.4. The maximum atomic E-state index is 12.2. The average molecular weight is 335 g/mol. The minimum Gasteiger partial charge on any atom is -0.379 e. The highest BCUT2D eigenvalue weighted by molar-refractivity contribution is 7.87. The van der Waals surface area contributed by atoms with E-state index in [9.17, 15) is 18.5 Å². The lowest BCUT2D eigenvalue weighted by Crippen LogP contribution is -2.09. The monoisotopic (exact) mass is 335 g/mol. The van der Waals surface area contributed by atoms with E-state index in [1.54, 1.807) is 12.1 Å². The zero-order chi connectivity index (χ0) is 17.0. The Morgan fingerprint density at radius 3 is 2.13 bits per heavy atom. The molecule has 1 atom stereocenters. The maximum Gasteiger partial charge on any atom is 0.339 e. The summed E-state index contributed by atoms with van der Waals surface area (Å²) in [6.07, 6.45) is 0.987. The predicted molar refractivity (Wildman–Crippen MR) is 86.1 cm³/mol. The highest BCUT2D eigenvalue weighted by Gasteiger charge is 2.18. The first-order valence-electron chi connectivity index (χ1n) is 7.12. The van der Waals surface area contributed by atoms with E-state index in [1.165, 1.54) is 0 Å². The van der Waals surface area contributed by atoms with Gasteiger partial charge in [-0.05, 0) is 42.2 Å². The molecule has 0 N–H and O–H groups in total. The lowest BCUT2D eigenvalue weighted by atomic mass is 9.99. The van der Waals surface area contributed by atoms with Crippen LogP contribution in [0.5, 0.6) is 5.75 Å². The van der Waals surface area contributed by atoms with E-state index in [4.69, 9.17) is 4.18 Å². The van der Waals surface area contributed by atoms with Crippen molar-refractivity contribution in [2.24, 2.45) is 0 Å². The molecule has 23 heavy (non-hydrogen) atoms. The van der Waals surface area contributed by atoms with Gasteiger partial charge in [0.1, 0.15) is 10.6 Å². The Kier molecular flexibility index (Phi) is 5.00. The number of nitrogens with zero attached hydrogens (tertiary/aromatic N) is 1. The average Bonchev–Trinajstić information content (AvgIpc) is 2.54. The summed E-state index contributed by atoms with van der Waals surface area (Å²) >= 11 is 0. The molecule has 0 saturated heterocycles. The van der Waals surface area contributed by atoms with Crippen molar-refractivity contribution in [1.82, 2.24) is 0 Å². The van der Waals surface area contributed by atoms with Crippen molar-refractivity contribution in [3.63, 3.8) is 0 Å². The molecule has 0 heterocycles. The summed E-state index contributed by atoms with van der Waals surface area (Å²) in [6.45, 7) is 4.16. The minimum atomic E-state index is -4.02. The largest absolute Gasteiger partial charge is 0.379 e. The lowest BCUT2D eigenvalue weighted by Gasteiger charge is -2.10. The number of benzene rings is 2. The van der Waals surface area contributed by atoms with E-state index in [1.807, 2.05) is 12.1 Å². The molecular formula is C16H17NO5S. The van der Waals surface area contributed by atoms with Crippen molar-refractivity contribution in [2.75, 3.05) is 0 Å². The number of nitro groups is 1. The van der Waals surface area contributed by atoms with E-state index in [2.05, 4.69) is 13.8 Å². The van der Waals surface area contributed by atoms with Crippen LogP contribution in [0.25, 0.3) is 0 Å². The molecule has 2 rings (SSSR count). The summed E-state index contributed by atoms with van der Waals surface area (Å²) in [5.41, 5.74) is 0.925. The summed E-state index contributed by atoms with van der Waals surface area (Å²) in [6, 6.07) is 11.4. The molecule has 0 bridgehead atoms. The van der Waals surface area contributed by atoms with E-state index in [0.717, 1.165) is 36.2 Å². The lowest BCUT2D eigenvalue weighted by molar-refractivity contribution is -0.384. The van der Waals surface area contributed by atoms with Gasteiger partial charge in [-0.1, -0.05) is 26.0 Å². The summed E-state index contributed by atoms with van der Waals surface area (Å²) in [5, 5.41) is 10.6. The van der Waals surface area contributed by atoms with Gasteiger partial charge in [0.05, 0.1) is 4.92 Å². The smallest absolute Gasteiger partial charge is 0.339 e.